The van der Waals surface area contributed by atoms with Crippen molar-refractivity contribution in [1.82, 2.24) is 10.2 Å². The molecule has 2 atom stereocenters. The minimum absolute atomic E-state index is 0.206. The molecular weight excluding hydrogens is 238 g/mol. The van der Waals surface area contributed by atoms with Crippen LogP contribution in [0.2, 0.25) is 0 Å². The third-order valence-corrected chi connectivity index (χ3v) is 4.80. The van der Waals surface area contributed by atoms with Crippen LogP contribution in [-0.4, -0.2) is 43.0 Å². The van der Waals surface area contributed by atoms with E-state index in [-0.39, 0.29) is 5.91 Å². The van der Waals surface area contributed by atoms with Gasteiger partial charge in [0.25, 0.3) is 0 Å². The van der Waals surface area contributed by atoms with Crippen molar-refractivity contribution in [3.05, 3.63) is 0 Å². The summed E-state index contributed by atoms with van der Waals surface area (Å²) >= 11 is 0. The molecule has 1 saturated heterocycles. The molecule has 2 unspecified atom stereocenters. The molecule has 110 valence electrons. The molecule has 0 aromatic carbocycles. The second kappa shape index (κ2) is 6.71. The number of hydrogen-bond acceptors (Lipinski definition) is 3. The lowest BCUT2D eigenvalue weighted by Crippen LogP contribution is -2.53. The summed E-state index contributed by atoms with van der Waals surface area (Å²) in [6, 6.07) is 0.529. The molecule has 0 aromatic heterocycles. The normalized spacial score (nSPS) is 29.4. The fourth-order valence-corrected chi connectivity index (χ4v) is 3.24. The zero-order valence-corrected chi connectivity index (χ0v) is 12.4. The van der Waals surface area contributed by atoms with Crippen LogP contribution in [-0.2, 0) is 4.79 Å². The molecule has 1 heterocycles. The van der Waals surface area contributed by atoms with Crippen molar-refractivity contribution in [3.8, 4) is 0 Å². The molecule has 1 aliphatic heterocycles. The number of nitrogens with two attached hydrogens (primary N) is 1. The number of amides is 1. The standard InChI is InChI=1S/C15H29N3O/c1-11(2)13-6-14(17-7-12-4-3-5-12)9-18(8-13)10-15(16)19/h11-14,17H,3-10H2,1-2H3,(H2,16,19). The highest BCUT2D eigenvalue weighted by molar-refractivity contribution is 5.75. The Kier molecular flexibility index (Phi) is 5.22. The van der Waals surface area contributed by atoms with Crippen molar-refractivity contribution in [2.75, 3.05) is 26.2 Å². The first-order valence-corrected chi connectivity index (χ1v) is 7.78. The molecule has 3 N–H and O–H groups in total. The zero-order chi connectivity index (χ0) is 13.8. The van der Waals surface area contributed by atoms with Gasteiger partial charge in [-0.2, -0.15) is 0 Å². The van der Waals surface area contributed by atoms with E-state index in [0.717, 1.165) is 25.6 Å². The topological polar surface area (TPSA) is 58.4 Å². The second-order valence-electron chi connectivity index (χ2n) is 6.80. The Labute approximate surface area is 117 Å². The third kappa shape index (κ3) is 4.46. The van der Waals surface area contributed by atoms with Crippen LogP contribution in [0.15, 0.2) is 0 Å². The first kappa shape index (κ1) is 14.8. The van der Waals surface area contributed by atoms with Gasteiger partial charge in [0.2, 0.25) is 5.91 Å². The Morgan fingerprint density at radius 1 is 1.37 bits per heavy atom. The molecular formula is C15H29N3O. The van der Waals surface area contributed by atoms with Gasteiger partial charge in [0.05, 0.1) is 6.54 Å². The van der Waals surface area contributed by atoms with Gasteiger partial charge in [-0.15, -0.1) is 0 Å². The van der Waals surface area contributed by atoms with Gasteiger partial charge in [0.15, 0.2) is 0 Å². The molecule has 1 saturated carbocycles. The van der Waals surface area contributed by atoms with E-state index < -0.39 is 0 Å². The number of nitrogens with zero attached hydrogens (tertiary/aromatic N) is 1. The van der Waals surface area contributed by atoms with Gasteiger partial charge in [-0.1, -0.05) is 20.3 Å². The van der Waals surface area contributed by atoms with Gasteiger partial charge in [-0.3, -0.25) is 9.69 Å². The molecule has 0 spiro atoms. The average molecular weight is 267 g/mol. The minimum atomic E-state index is -0.206. The van der Waals surface area contributed by atoms with E-state index in [0.29, 0.717) is 24.4 Å². The van der Waals surface area contributed by atoms with E-state index in [1.807, 2.05) is 0 Å². The number of likely N-dealkylation sites (tertiary alicyclic amines) is 1. The Bertz CT molecular complexity index is 302. The fourth-order valence-electron chi connectivity index (χ4n) is 3.24. The Balaban J connectivity index is 1.83. The molecule has 2 fully saturated rings. The summed E-state index contributed by atoms with van der Waals surface area (Å²) in [5.74, 6) is 2.03. The SMILES string of the molecule is CC(C)C1CC(NCC2CCC2)CN(CC(N)=O)C1. The summed E-state index contributed by atoms with van der Waals surface area (Å²) in [4.78, 5) is 13.4. The van der Waals surface area contributed by atoms with E-state index in [1.165, 1.54) is 25.7 Å². The number of nitrogens with one attached hydrogen (secondary N) is 1. The largest absolute Gasteiger partial charge is 0.369 e. The van der Waals surface area contributed by atoms with Crippen molar-refractivity contribution in [2.45, 2.75) is 45.6 Å². The van der Waals surface area contributed by atoms with Crippen LogP contribution in [0.3, 0.4) is 0 Å². The fraction of sp³-hybridized carbons (Fsp3) is 0.933. The van der Waals surface area contributed by atoms with Gasteiger partial charge in [0, 0.05) is 19.1 Å². The van der Waals surface area contributed by atoms with Crippen molar-refractivity contribution >= 4 is 5.91 Å². The molecule has 4 heteroatoms. The summed E-state index contributed by atoms with van der Waals surface area (Å²) in [6.45, 7) is 8.11. The smallest absolute Gasteiger partial charge is 0.231 e. The first-order valence-electron chi connectivity index (χ1n) is 7.78. The lowest BCUT2D eigenvalue weighted by molar-refractivity contribution is -0.119. The number of hydrogen-bond donors (Lipinski definition) is 2. The zero-order valence-electron chi connectivity index (χ0n) is 12.4. The number of carbonyl (C=O) groups is 1. The molecule has 2 rings (SSSR count). The van der Waals surface area contributed by atoms with E-state index >= 15 is 0 Å². The summed E-state index contributed by atoms with van der Waals surface area (Å²) in [7, 11) is 0. The van der Waals surface area contributed by atoms with E-state index in [1.54, 1.807) is 0 Å². The highest BCUT2D eigenvalue weighted by Crippen LogP contribution is 2.27. The molecule has 19 heavy (non-hydrogen) atoms. The summed E-state index contributed by atoms with van der Waals surface area (Å²) < 4.78 is 0. The van der Waals surface area contributed by atoms with Gasteiger partial charge in [-0.05, 0) is 43.6 Å². The maximum Gasteiger partial charge on any atom is 0.231 e. The maximum absolute atomic E-state index is 11.1. The number of rotatable bonds is 6. The third-order valence-electron chi connectivity index (χ3n) is 4.80. The number of piperidine rings is 1. The lowest BCUT2D eigenvalue weighted by atomic mass is 9.83. The van der Waals surface area contributed by atoms with Crippen LogP contribution < -0.4 is 11.1 Å². The van der Waals surface area contributed by atoms with Gasteiger partial charge >= 0.3 is 0 Å². The van der Waals surface area contributed by atoms with Crippen LogP contribution >= 0.6 is 0 Å². The average Bonchev–Trinajstić information content (AvgIpc) is 2.25. The highest BCUT2D eigenvalue weighted by Gasteiger charge is 2.30. The molecule has 4 nitrogen and oxygen atoms in total. The van der Waals surface area contributed by atoms with E-state index in [4.69, 9.17) is 5.73 Å². The van der Waals surface area contributed by atoms with Crippen LogP contribution in [0.5, 0.6) is 0 Å². The number of primary amides is 1. The predicted octanol–water partition coefficient (Wildman–Crippen LogP) is 1.21. The summed E-state index contributed by atoms with van der Waals surface area (Å²) in [5, 5.41) is 3.72. The Morgan fingerprint density at radius 3 is 2.63 bits per heavy atom. The van der Waals surface area contributed by atoms with Crippen LogP contribution in [0, 0.1) is 17.8 Å². The van der Waals surface area contributed by atoms with Crippen molar-refractivity contribution in [2.24, 2.45) is 23.5 Å². The van der Waals surface area contributed by atoms with Crippen LogP contribution in [0.4, 0.5) is 0 Å². The van der Waals surface area contributed by atoms with Crippen molar-refractivity contribution in [3.63, 3.8) is 0 Å². The van der Waals surface area contributed by atoms with E-state index in [2.05, 4.69) is 24.1 Å². The molecule has 0 bridgehead atoms. The van der Waals surface area contributed by atoms with Crippen LogP contribution in [0.1, 0.15) is 39.5 Å². The van der Waals surface area contributed by atoms with Gasteiger partial charge in [0.1, 0.15) is 0 Å². The lowest BCUT2D eigenvalue weighted by Gasteiger charge is -2.40. The second-order valence-corrected chi connectivity index (χ2v) is 6.80. The van der Waals surface area contributed by atoms with Crippen LogP contribution in [0.25, 0.3) is 0 Å². The maximum atomic E-state index is 11.1. The molecule has 2 aliphatic rings. The quantitative estimate of drug-likeness (QED) is 0.760. The van der Waals surface area contributed by atoms with E-state index in [9.17, 15) is 4.79 Å². The van der Waals surface area contributed by atoms with Gasteiger partial charge < -0.3 is 11.1 Å². The highest BCUT2D eigenvalue weighted by atomic mass is 16.1. The van der Waals surface area contributed by atoms with Crippen molar-refractivity contribution in [1.29, 1.82) is 0 Å². The molecule has 1 amide bonds. The predicted molar refractivity (Wildman–Crippen MR) is 77.7 cm³/mol. The Hall–Kier alpha value is -0.610. The molecule has 0 aromatic rings. The molecule has 0 radical (unpaired) electrons. The molecule has 1 aliphatic carbocycles. The first-order chi connectivity index (χ1) is 9.04. The number of carbonyl (C=O) groups excluding carboxylic acids is 1. The summed E-state index contributed by atoms with van der Waals surface area (Å²) in [5.41, 5.74) is 5.34. The van der Waals surface area contributed by atoms with Crippen molar-refractivity contribution < 1.29 is 4.79 Å². The summed E-state index contributed by atoms with van der Waals surface area (Å²) in [6.07, 6.45) is 5.41. The minimum Gasteiger partial charge on any atom is -0.369 e. The Morgan fingerprint density at radius 2 is 2.11 bits per heavy atom. The monoisotopic (exact) mass is 267 g/mol. The van der Waals surface area contributed by atoms with Gasteiger partial charge in [-0.25, -0.2) is 0 Å².